The summed E-state index contributed by atoms with van der Waals surface area (Å²) >= 11 is 1.09. The molecular weight excluding hydrogens is 449 g/mol. The Morgan fingerprint density at radius 3 is 2.00 bits per heavy atom. The van der Waals surface area contributed by atoms with Crippen molar-refractivity contribution in [2.75, 3.05) is 4.72 Å². The molecule has 3 aromatic rings. The van der Waals surface area contributed by atoms with Crippen molar-refractivity contribution >= 4 is 36.3 Å². The van der Waals surface area contributed by atoms with Crippen LogP contribution < -0.4 is 4.72 Å². The summed E-state index contributed by atoms with van der Waals surface area (Å²) < 4.78 is 89.6. The summed E-state index contributed by atoms with van der Waals surface area (Å²) in [6, 6.07) is 8.35. The molecular formula is C17H13F3N2O4S3. The molecule has 0 atom stereocenters. The molecule has 0 aliphatic rings. The van der Waals surface area contributed by atoms with Gasteiger partial charge in [0.2, 0.25) is 0 Å². The van der Waals surface area contributed by atoms with Gasteiger partial charge in [-0.05, 0) is 42.0 Å². The highest BCUT2D eigenvalue weighted by molar-refractivity contribution is 7.93. The lowest BCUT2D eigenvalue weighted by atomic mass is 10.1. The molecule has 0 saturated heterocycles. The van der Waals surface area contributed by atoms with Gasteiger partial charge in [-0.1, -0.05) is 12.1 Å². The Hall–Kier alpha value is -2.44. The van der Waals surface area contributed by atoms with Crippen LogP contribution in [-0.4, -0.2) is 21.8 Å². The van der Waals surface area contributed by atoms with Gasteiger partial charge in [-0.2, -0.15) is 13.2 Å². The van der Waals surface area contributed by atoms with Crippen LogP contribution >= 0.6 is 11.3 Å². The van der Waals surface area contributed by atoms with Crippen molar-refractivity contribution in [1.29, 1.82) is 0 Å². The van der Waals surface area contributed by atoms with Gasteiger partial charge >= 0.3 is 6.18 Å². The molecule has 0 fully saturated rings. The average Bonchev–Trinajstić information content (AvgIpc) is 3.13. The number of hydrogen-bond acceptors (Lipinski definition) is 6. The van der Waals surface area contributed by atoms with Gasteiger partial charge in [0, 0.05) is 11.6 Å². The quantitative estimate of drug-likeness (QED) is 0.599. The maximum atomic E-state index is 12.6. The lowest BCUT2D eigenvalue weighted by Gasteiger charge is -2.09. The van der Waals surface area contributed by atoms with Crippen molar-refractivity contribution < 1.29 is 30.0 Å². The second kappa shape index (κ2) is 7.76. The number of benzene rings is 2. The molecule has 0 saturated carbocycles. The molecule has 0 radical (unpaired) electrons. The maximum absolute atomic E-state index is 12.6. The first-order valence-corrected chi connectivity index (χ1v) is 11.9. The number of nitrogens with one attached hydrogen (secondary N) is 1. The molecule has 3 rings (SSSR count). The maximum Gasteiger partial charge on any atom is 0.416 e. The summed E-state index contributed by atoms with van der Waals surface area (Å²) in [7, 11) is -7.81. The van der Waals surface area contributed by atoms with Crippen molar-refractivity contribution in [2.24, 2.45) is 0 Å². The molecule has 1 heterocycles. The monoisotopic (exact) mass is 462 g/mol. The molecule has 6 nitrogen and oxygen atoms in total. The molecule has 12 heteroatoms. The summed E-state index contributed by atoms with van der Waals surface area (Å²) in [6.07, 6.45) is -3.08. The Kier molecular flexibility index (Phi) is 5.70. The van der Waals surface area contributed by atoms with E-state index in [-0.39, 0.29) is 20.5 Å². The van der Waals surface area contributed by atoms with Crippen molar-refractivity contribution in [1.82, 2.24) is 4.98 Å². The molecule has 0 amide bonds. The number of halogens is 3. The Morgan fingerprint density at radius 1 is 0.897 bits per heavy atom. The van der Waals surface area contributed by atoms with Gasteiger partial charge in [-0.15, -0.1) is 11.3 Å². The van der Waals surface area contributed by atoms with E-state index in [9.17, 15) is 30.0 Å². The fourth-order valence-corrected chi connectivity index (χ4v) is 5.50. The van der Waals surface area contributed by atoms with Crippen LogP contribution in [0.3, 0.4) is 0 Å². The Labute approximate surface area is 169 Å². The first-order valence-electron chi connectivity index (χ1n) is 7.89. The highest BCUT2D eigenvalue weighted by Crippen LogP contribution is 2.29. The van der Waals surface area contributed by atoms with Gasteiger partial charge < -0.3 is 0 Å². The molecule has 1 aromatic heterocycles. The lowest BCUT2D eigenvalue weighted by molar-refractivity contribution is -0.137. The first-order chi connectivity index (χ1) is 13.5. The van der Waals surface area contributed by atoms with E-state index >= 15 is 0 Å². The molecule has 1 N–H and O–H groups in total. The number of thiazole rings is 1. The SMILES string of the molecule is O=S(=O)(Cc1ccc(C(F)(F)F)cc1)c1ccc(S(=O)(=O)Nc2nccs2)cc1. The molecule has 0 aliphatic heterocycles. The van der Waals surface area contributed by atoms with Crippen LogP contribution in [0.2, 0.25) is 0 Å². The number of anilines is 1. The Morgan fingerprint density at radius 2 is 1.48 bits per heavy atom. The highest BCUT2D eigenvalue weighted by atomic mass is 32.2. The normalized spacial score (nSPS) is 12.7. The minimum absolute atomic E-state index is 0.148. The van der Waals surface area contributed by atoms with Crippen molar-refractivity contribution in [3.8, 4) is 0 Å². The number of sulfonamides is 1. The smallest absolute Gasteiger partial charge is 0.255 e. The van der Waals surface area contributed by atoms with E-state index in [1.165, 1.54) is 6.20 Å². The third-order valence-electron chi connectivity index (χ3n) is 3.79. The summed E-state index contributed by atoms with van der Waals surface area (Å²) in [5.41, 5.74) is -0.693. The largest absolute Gasteiger partial charge is 0.416 e. The third kappa shape index (κ3) is 5.14. The summed E-state index contributed by atoms with van der Waals surface area (Å²) in [4.78, 5) is 3.51. The first kappa shape index (κ1) is 21.3. The van der Waals surface area contributed by atoms with E-state index in [1.807, 2.05) is 0 Å². The zero-order valence-electron chi connectivity index (χ0n) is 14.4. The van der Waals surface area contributed by atoms with Crippen LogP contribution in [0.25, 0.3) is 0 Å². The van der Waals surface area contributed by atoms with Gasteiger partial charge in [0.15, 0.2) is 15.0 Å². The van der Waals surface area contributed by atoms with E-state index in [1.54, 1.807) is 5.38 Å². The molecule has 154 valence electrons. The number of alkyl halides is 3. The number of hydrogen-bond donors (Lipinski definition) is 1. The standard InChI is InChI=1S/C17H13F3N2O4S3/c18-17(19,20)13-3-1-12(2-4-13)11-28(23,24)14-5-7-15(8-6-14)29(25,26)22-16-21-9-10-27-16/h1-10H,11H2,(H,21,22). The predicted molar refractivity (Wildman–Crippen MR) is 102 cm³/mol. The van der Waals surface area contributed by atoms with E-state index in [4.69, 9.17) is 0 Å². The van der Waals surface area contributed by atoms with E-state index in [0.717, 1.165) is 59.9 Å². The number of aromatic nitrogens is 1. The lowest BCUT2D eigenvalue weighted by Crippen LogP contribution is -2.13. The average molecular weight is 462 g/mol. The van der Waals surface area contributed by atoms with Gasteiger partial charge in [0.25, 0.3) is 10.0 Å². The summed E-state index contributed by atoms with van der Waals surface area (Å²) in [5, 5.41) is 1.76. The molecule has 2 aromatic carbocycles. The van der Waals surface area contributed by atoms with Gasteiger partial charge in [0.1, 0.15) is 0 Å². The van der Waals surface area contributed by atoms with E-state index in [2.05, 4.69) is 9.71 Å². The minimum Gasteiger partial charge on any atom is -0.255 e. The van der Waals surface area contributed by atoms with Crippen LogP contribution in [-0.2, 0) is 31.8 Å². The molecule has 29 heavy (non-hydrogen) atoms. The van der Waals surface area contributed by atoms with Crippen LogP contribution in [0, 0.1) is 0 Å². The Balaban J connectivity index is 1.78. The highest BCUT2D eigenvalue weighted by Gasteiger charge is 2.30. The van der Waals surface area contributed by atoms with E-state index in [0.29, 0.717) is 0 Å². The van der Waals surface area contributed by atoms with Gasteiger partial charge in [-0.25, -0.2) is 21.8 Å². The molecule has 0 spiro atoms. The number of rotatable bonds is 6. The third-order valence-corrected chi connectivity index (χ3v) is 7.66. The van der Waals surface area contributed by atoms with E-state index < -0.39 is 37.4 Å². The predicted octanol–water partition coefficient (Wildman–Crippen LogP) is 3.94. The fraction of sp³-hybridized carbons (Fsp3) is 0.118. The van der Waals surface area contributed by atoms with Gasteiger partial charge in [-0.3, -0.25) is 4.72 Å². The summed E-state index contributed by atoms with van der Waals surface area (Å²) in [5.74, 6) is -0.519. The molecule has 0 unspecified atom stereocenters. The number of sulfone groups is 1. The Bertz CT molecular complexity index is 1190. The van der Waals surface area contributed by atoms with Crippen molar-refractivity contribution in [2.45, 2.75) is 21.7 Å². The molecule has 0 bridgehead atoms. The summed E-state index contributed by atoms with van der Waals surface area (Å²) in [6.45, 7) is 0. The second-order valence-corrected chi connectivity index (χ2v) is 10.4. The second-order valence-electron chi connectivity index (χ2n) is 5.87. The molecule has 0 aliphatic carbocycles. The van der Waals surface area contributed by atoms with Crippen LogP contribution in [0.1, 0.15) is 11.1 Å². The van der Waals surface area contributed by atoms with Crippen molar-refractivity contribution in [3.05, 3.63) is 71.2 Å². The van der Waals surface area contributed by atoms with Crippen molar-refractivity contribution in [3.63, 3.8) is 0 Å². The fourth-order valence-electron chi connectivity index (χ4n) is 2.37. The zero-order valence-corrected chi connectivity index (χ0v) is 16.9. The van der Waals surface area contributed by atoms with Gasteiger partial charge in [0.05, 0.1) is 21.1 Å². The van der Waals surface area contributed by atoms with Crippen LogP contribution in [0.5, 0.6) is 0 Å². The minimum atomic E-state index is -4.51. The zero-order chi connectivity index (χ0) is 21.3. The van der Waals surface area contributed by atoms with Crippen LogP contribution in [0.15, 0.2) is 69.9 Å². The van der Waals surface area contributed by atoms with Crippen LogP contribution in [0.4, 0.5) is 18.3 Å². The topological polar surface area (TPSA) is 93.2 Å². The number of nitrogens with zero attached hydrogens (tertiary/aromatic N) is 1.